The number of ether oxygens (including phenoxy) is 1. The van der Waals surface area contributed by atoms with Crippen LogP contribution < -0.4 is 5.32 Å². The number of hydrogen-bond acceptors (Lipinski definition) is 3. The molecule has 1 amide bonds. The van der Waals surface area contributed by atoms with E-state index in [1.54, 1.807) is 24.3 Å². The molecule has 1 fully saturated rings. The smallest absolute Gasteiger partial charge is 0.337 e. The van der Waals surface area contributed by atoms with Gasteiger partial charge in [-0.25, -0.2) is 9.18 Å². The quantitative estimate of drug-likeness (QED) is 0.807. The molecule has 0 radical (unpaired) electrons. The van der Waals surface area contributed by atoms with Crippen molar-refractivity contribution in [3.63, 3.8) is 0 Å². The van der Waals surface area contributed by atoms with Gasteiger partial charge in [-0.3, -0.25) is 4.79 Å². The average Bonchev–Trinajstić information content (AvgIpc) is 3.36. The molecular weight excluding hydrogens is 357 g/mol. The monoisotopic (exact) mass is 381 g/mol. The SMILES string of the molecule is COC(=O)c1ccc2c(c1)C(NC(=O)C1(c3ccccc3F)CCCC1)CC2. The summed E-state index contributed by atoms with van der Waals surface area (Å²) in [5, 5.41) is 3.17. The largest absolute Gasteiger partial charge is 0.465 e. The van der Waals surface area contributed by atoms with E-state index >= 15 is 0 Å². The van der Waals surface area contributed by atoms with Crippen LogP contribution in [-0.4, -0.2) is 19.0 Å². The van der Waals surface area contributed by atoms with Gasteiger partial charge in [0.2, 0.25) is 5.91 Å². The molecule has 0 heterocycles. The number of hydrogen-bond donors (Lipinski definition) is 1. The minimum Gasteiger partial charge on any atom is -0.465 e. The predicted octanol–water partition coefficient (Wildman–Crippen LogP) is 4.23. The minimum absolute atomic E-state index is 0.114. The van der Waals surface area contributed by atoms with Gasteiger partial charge in [-0.2, -0.15) is 0 Å². The van der Waals surface area contributed by atoms with Crippen LogP contribution in [0, 0.1) is 5.82 Å². The Balaban J connectivity index is 1.62. The Labute approximate surface area is 164 Å². The van der Waals surface area contributed by atoms with E-state index < -0.39 is 11.4 Å². The first kappa shape index (κ1) is 18.7. The van der Waals surface area contributed by atoms with Gasteiger partial charge in [0.05, 0.1) is 24.1 Å². The molecule has 28 heavy (non-hydrogen) atoms. The minimum atomic E-state index is -0.811. The molecule has 2 aliphatic rings. The summed E-state index contributed by atoms with van der Waals surface area (Å²) in [4.78, 5) is 25.3. The lowest BCUT2D eigenvalue weighted by atomic mass is 9.77. The van der Waals surface area contributed by atoms with Gasteiger partial charge < -0.3 is 10.1 Å². The maximum Gasteiger partial charge on any atom is 0.337 e. The van der Waals surface area contributed by atoms with E-state index in [1.807, 2.05) is 12.1 Å². The van der Waals surface area contributed by atoms with Crippen molar-refractivity contribution in [3.05, 3.63) is 70.5 Å². The first-order valence-corrected chi connectivity index (χ1v) is 9.82. The third-order valence-corrected chi connectivity index (χ3v) is 6.23. The Hall–Kier alpha value is -2.69. The number of amides is 1. The zero-order valence-electron chi connectivity index (χ0n) is 16.0. The van der Waals surface area contributed by atoms with Crippen LogP contribution in [0.15, 0.2) is 42.5 Å². The number of halogens is 1. The zero-order chi connectivity index (χ0) is 19.7. The van der Waals surface area contributed by atoms with Crippen molar-refractivity contribution in [2.75, 3.05) is 7.11 Å². The average molecular weight is 381 g/mol. The second-order valence-corrected chi connectivity index (χ2v) is 7.74. The van der Waals surface area contributed by atoms with Gasteiger partial charge in [0.1, 0.15) is 5.82 Å². The number of carbonyl (C=O) groups excluding carboxylic acids is 2. The molecule has 2 aliphatic carbocycles. The van der Waals surface area contributed by atoms with E-state index in [4.69, 9.17) is 4.74 Å². The summed E-state index contributed by atoms with van der Waals surface area (Å²) in [6.45, 7) is 0. The van der Waals surface area contributed by atoms with Crippen LogP contribution in [-0.2, 0) is 21.4 Å². The molecule has 4 nitrogen and oxygen atoms in total. The van der Waals surface area contributed by atoms with Crippen LogP contribution in [0.5, 0.6) is 0 Å². The lowest BCUT2D eigenvalue weighted by Gasteiger charge is -2.30. The molecule has 1 atom stereocenters. The van der Waals surface area contributed by atoms with Crippen LogP contribution >= 0.6 is 0 Å². The maximum absolute atomic E-state index is 14.5. The van der Waals surface area contributed by atoms with Crippen molar-refractivity contribution in [2.24, 2.45) is 0 Å². The third-order valence-electron chi connectivity index (χ3n) is 6.23. The fraction of sp³-hybridized carbons (Fsp3) is 0.391. The molecule has 5 heteroatoms. The maximum atomic E-state index is 14.5. The summed E-state index contributed by atoms with van der Waals surface area (Å²) in [5.74, 6) is -0.825. The van der Waals surface area contributed by atoms with Crippen molar-refractivity contribution in [3.8, 4) is 0 Å². The first-order chi connectivity index (χ1) is 13.5. The van der Waals surface area contributed by atoms with Crippen LogP contribution in [0.3, 0.4) is 0 Å². The van der Waals surface area contributed by atoms with E-state index in [2.05, 4.69) is 5.32 Å². The topological polar surface area (TPSA) is 55.4 Å². The van der Waals surface area contributed by atoms with Crippen molar-refractivity contribution < 1.29 is 18.7 Å². The summed E-state index contributed by atoms with van der Waals surface area (Å²) < 4.78 is 19.4. The summed E-state index contributed by atoms with van der Waals surface area (Å²) in [5.41, 5.74) is 2.24. The molecular formula is C23H24FNO3. The van der Waals surface area contributed by atoms with Crippen molar-refractivity contribution in [2.45, 2.75) is 50.0 Å². The Bertz CT molecular complexity index is 918. The van der Waals surface area contributed by atoms with Gasteiger partial charge in [0, 0.05) is 5.56 Å². The van der Waals surface area contributed by atoms with E-state index in [1.165, 1.54) is 13.2 Å². The second-order valence-electron chi connectivity index (χ2n) is 7.74. The molecule has 1 unspecified atom stereocenters. The van der Waals surface area contributed by atoms with E-state index in [9.17, 15) is 14.0 Å². The fourth-order valence-electron chi connectivity index (χ4n) is 4.74. The van der Waals surface area contributed by atoms with Crippen LogP contribution in [0.25, 0.3) is 0 Å². The Kier molecular flexibility index (Phi) is 4.92. The fourth-order valence-corrected chi connectivity index (χ4v) is 4.74. The lowest BCUT2D eigenvalue weighted by Crippen LogP contribution is -2.44. The summed E-state index contributed by atoms with van der Waals surface area (Å²) >= 11 is 0. The molecule has 0 aromatic heterocycles. The van der Waals surface area contributed by atoms with Gasteiger partial charge in [0.15, 0.2) is 0 Å². The number of aryl methyl sites for hydroxylation is 1. The number of nitrogens with one attached hydrogen (secondary N) is 1. The molecule has 2 aromatic carbocycles. The molecule has 2 aromatic rings. The lowest BCUT2D eigenvalue weighted by molar-refractivity contribution is -0.127. The van der Waals surface area contributed by atoms with Crippen molar-refractivity contribution in [1.82, 2.24) is 5.32 Å². The van der Waals surface area contributed by atoms with Crippen molar-refractivity contribution in [1.29, 1.82) is 0 Å². The predicted molar refractivity (Wildman–Crippen MR) is 104 cm³/mol. The van der Waals surface area contributed by atoms with Crippen LogP contribution in [0.4, 0.5) is 4.39 Å². The normalized spacial score (nSPS) is 19.9. The summed E-state index contributed by atoms with van der Waals surface area (Å²) in [6, 6.07) is 11.9. The standard InChI is InChI=1S/C23H24FNO3/c1-28-21(26)16-9-8-15-10-11-20(17(15)14-16)25-22(27)23(12-4-5-13-23)18-6-2-3-7-19(18)24/h2-3,6-9,14,20H,4-5,10-13H2,1H3,(H,25,27). The second kappa shape index (κ2) is 7.38. The van der Waals surface area contributed by atoms with Gasteiger partial charge in [-0.15, -0.1) is 0 Å². The molecule has 4 rings (SSSR count). The number of carbonyl (C=O) groups is 2. The highest BCUT2D eigenvalue weighted by Gasteiger charge is 2.45. The molecule has 146 valence electrons. The number of methoxy groups -OCH3 is 1. The Morgan fingerprint density at radius 1 is 1.14 bits per heavy atom. The number of benzene rings is 2. The highest BCUT2D eigenvalue weighted by Crippen LogP contribution is 2.43. The first-order valence-electron chi connectivity index (χ1n) is 9.82. The number of esters is 1. The van der Waals surface area contributed by atoms with E-state index in [-0.39, 0.29) is 17.8 Å². The Morgan fingerprint density at radius 2 is 1.89 bits per heavy atom. The number of rotatable bonds is 4. The van der Waals surface area contributed by atoms with Gasteiger partial charge in [-0.1, -0.05) is 37.1 Å². The van der Waals surface area contributed by atoms with Crippen LogP contribution in [0.2, 0.25) is 0 Å². The summed E-state index contributed by atoms with van der Waals surface area (Å²) in [7, 11) is 1.35. The van der Waals surface area contributed by atoms with Crippen LogP contribution in [0.1, 0.15) is 65.2 Å². The Morgan fingerprint density at radius 3 is 2.61 bits per heavy atom. The molecule has 0 saturated heterocycles. The highest BCUT2D eigenvalue weighted by molar-refractivity contribution is 5.91. The molecule has 0 spiro atoms. The third kappa shape index (κ3) is 3.09. The van der Waals surface area contributed by atoms with Gasteiger partial charge in [-0.05, 0) is 55.0 Å². The summed E-state index contributed by atoms with van der Waals surface area (Å²) in [6.07, 6.45) is 4.75. The molecule has 0 bridgehead atoms. The van der Waals surface area contributed by atoms with Gasteiger partial charge >= 0.3 is 5.97 Å². The highest BCUT2D eigenvalue weighted by atomic mass is 19.1. The molecule has 0 aliphatic heterocycles. The van der Waals surface area contributed by atoms with Crippen molar-refractivity contribution >= 4 is 11.9 Å². The van der Waals surface area contributed by atoms with E-state index in [0.29, 0.717) is 24.0 Å². The number of fused-ring (bicyclic) bond motifs is 1. The van der Waals surface area contributed by atoms with E-state index in [0.717, 1.165) is 36.8 Å². The zero-order valence-corrected chi connectivity index (χ0v) is 16.0. The van der Waals surface area contributed by atoms with Gasteiger partial charge in [0.25, 0.3) is 0 Å². The molecule has 1 saturated carbocycles. The molecule has 1 N–H and O–H groups in total.